The van der Waals surface area contributed by atoms with Crippen molar-refractivity contribution in [3.63, 3.8) is 0 Å². The summed E-state index contributed by atoms with van der Waals surface area (Å²) in [5, 5.41) is 8.07. The van der Waals surface area contributed by atoms with Crippen molar-refractivity contribution < 1.29 is 19.1 Å². The molecule has 1 aromatic heterocycles. The number of nitrogens with one attached hydrogen (secondary N) is 2. The molecule has 1 saturated carbocycles. The molecule has 29 heavy (non-hydrogen) atoms. The van der Waals surface area contributed by atoms with E-state index in [2.05, 4.69) is 22.2 Å². The van der Waals surface area contributed by atoms with Crippen LogP contribution < -0.4 is 15.4 Å². The minimum atomic E-state index is -0.980. The zero-order valence-corrected chi connectivity index (χ0v) is 16.4. The van der Waals surface area contributed by atoms with E-state index in [0.29, 0.717) is 25.3 Å². The Morgan fingerprint density at radius 1 is 1.38 bits per heavy atom. The number of carbonyl (C=O) groups is 2. The van der Waals surface area contributed by atoms with Crippen LogP contribution in [0.1, 0.15) is 19.8 Å². The molecule has 152 valence electrons. The van der Waals surface area contributed by atoms with Crippen molar-refractivity contribution in [3.05, 3.63) is 49.2 Å². The molecule has 7 heteroatoms. The number of aromatic nitrogens is 1. The van der Waals surface area contributed by atoms with E-state index < -0.39 is 17.6 Å². The fourth-order valence-corrected chi connectivity index (χ4v) is 3.91. The van der Waals surface area contributed by atoms with Gasteiger partial charge in [-0.05, 0) is 30.9 Å². The van der Waals surface area contributed by atoms with Crippen LogP contribution in [0.3, 0.4) is 0 Å². The fourth-order valence-electron chi connectivity index (χ4n) is 3.91. The summed E-state index contributed by atoms with van der Waals surface area (Å²) in [4.78, 5) is 29.5. The van der Waals surface area contributed by atoms with Gasteiger partial charge in [0.05, 0.1) is 12.6 Å². The van der Waals surface area contributed by atoms with Crippen molar-refractivity contribution in [1.29, 1.82) is 0 Å². The first-order valence-electron chi connectivity index (χ1n) is 9.93. The summed E-state index contributed by atoms with van der Waals surface area (Å²) in [6.45, 7) is 6.30. The summed E-state index contributed by atoms with van der Waals surface area (Å²) in [5.74, 6) is -0.157. The van der Waals surface area contributed by atoms with Crippen LogP contribution in [0.15, 0.2) is 49.2 Å². The Kier molecular flexibility index (Phi) is 5.24. The first-order valence-corrected chi connectivity index (χ1v) is 9.93. The third-order valence-corrected chi connectivity index (χ3v) is 5.61. The van der Waals surface area contributed by atoms with Gasteiger partial charge < -0.3 is 20.1 Å². The minimum absolute atomic E-state index is 0.0983. The van der Waals surface area contributed by atoms with Crippen LogP contribution in [0, 0.1) is 5.92 Å². The molecule has 1 aliphatic carbocycles. The number of hydrogen-bond donors (Lipinski definition) is 2. The maximum Gasteiger partial charge on any atom is 0.332 e. The topological polar surface area (TPSA) is 89.5 Å². The number of amides is 1. The van der Waals surface area contributed by atoms with Crippen molar-refractivity contribution in [2.75, 3.05) is 13.2 Å². The maximum atomic E-state index is 12.8. The molecular formula is C22H25N3O4. The van der Waals surface area contributed by atoms with Gasteiger partial charge in [-0.3, -0.25) is 4.79 Å². The lowest BCUT2D eigenvalue weighted by atomic mass is 10.1. The van der Waals surface area contributed by atoms with Gasteiger partial charge in [-0.2, -0.15) is 0 Å². The van der Waals surface area contributed by atoms with Gasteiger partial charge in [0.2, 0.25) is 11.8 Å². The highest BCUT2D eigenvalue weighted by molar-refractivity contribution is 5.93. The van der Waals surface area contributed by atoms with Gasteiger partial charge in [0.1, 0.15) is 11.6 Å². The SMILES string of the molecule is C=C[C@@H]1C[C@]1(NC(=O)[C@@H]1C[C@@H](Oc2nccc3ccccc23)CN1)C(=O)OCC. The van der Waals surface area contributed by atoms with Crippen molar-refractivity contribution in [2.45, 2.75) is 37.5 Å². The Labute approximate surface area is 169 Å². The Balaban J connectivity index is 1.40. The normalized spacial score (nSPS) is 28.0. The van der Waals surface area contributed by atoms with Crippen molar-refractivity contribution in [2.24, 2.45) is 5.92 Å². The average Bonchev–Trinajstić information content (AvgIpc) is 3.25. The number of fused-ring (bicyclic) bond motifs is 1. The molecule has 0 bridgehead atoms. The van der Waals surface area contributed by atoms with Gasteiger partial charge in [-0.15, -0.1) is 6.58 Å². The van der Waals surface area contributed by atoms with E-state index in [4.69, 9.17) is 9.47 Å². The summed E-state index contributed by atoms with van der Waals surface area (Å²) < 4.78 is 11.2. The lowest BCUT2D eigenvalue weighted by molar-refractivity contribution is -0.149. The number of hydrogen-bond acceptors (Lipinski definition) is 6. The van der Waals surface area contributed by atoms with Crippen LogP contribution in [-0.4, -0.2) is 47.7 Å². The Morgan fingerprint density at radius 3 is 2.97 bits per heavy atom. The molecule has 2 N–H and O–H groups in total. The molecule has 2 heterocycles. The second-order valence-corrected chi connectivity index (χ2v) is 7.50. The lowest BCUT2D eigenvalue weighted by Gasteiger charge is -2.20. The van der Waals surface area contributed by atoms with Gasteiger partial charge in [-0.1, -0.05) is 24.3 Å². The smallest absolute Gasteiger partial charge is 0.332 e. The predicted octanol–water partition coefficient (Wildman–Crippen LogP) is 1.97. The lowest BCUT2D eigenvalue weighted by Crippen LogP contribution is -2.51. The number of pyridine rings is 1. The average molecular weight is 395 g/mol. The van der Waals surface area contributed by atoms with Gasteiger partial charge in [0.25, 0.3) is 0 Å². The summed E-state index contributed by atoms with van der Waals surface area (Å²) in [7, 11) is 0. The molecule has 1 aromatic carbocycles. The number of carbonyl (C=O) groups excluding carboxylic acids is 2. The fraction of sp³-hybridized carbons (Fsp3) is 0.409. The van der Waals surface area contributed by atoms with E-state index in [1.807, 2.05) is 30.3 Å². The monoisotopic (exact) mass is 395 g/mol. The molecule has 2 aliphatic rings. The third-order valence-electron chi connectivity index (χ3n) is 5.61. The van der Waals surface area contributed by atoms with E-state index in [-0.39, 0.29) is 24.5 Å². The zero-order valence-electron chi connectivity index (χ0n) is 16.4. The van der Waals surface area contributed by atoms with E-state index in [9.17, 15) is 9.59 Å². The van der Waals surface area contributed by atoms with Gasteiger partial charge in [0.15, 0.2) is 0 Å². The Morgan fingerprint density at radius 2 is 2.21 bits per heavy atom. The summed E-state index contributed by atoms with van der Waals surface area (Å²) >= 11 is 0. The van der Waals surface area contributed by atoms with Crippen LogP contribution in [0.5, 0.6) is 5.88 Å². The second-order valence-electron chi connectivity index (χ2n) is 7.50. The molecule has 0 radical (unpaired) electrons. The first-order chi connectivity index (χ1) is 14.1. The molecule has 4 rings (SSSR count). The highest BCUT2D eigenvalue weighted by Gasteiger charge is 2.61. The predicted molar refractivity (Wildman–Crippen MR) is 108 cm³/mol. The van der Waals surface area contributed by atoms with Crippen LogP contribution in [0.4, 0.5) is 0 Å². The van der Waals surface area contributed by atoms with Gasteiger partial charge in [-0.25, -0.2) is 9.78 Å². The number of nitrogens with zero attached hydrogens (tertiary/aromatic N) is 1. The van der Waals surface area contributed by atoms with Crippen molar-refractivity contribution >= 4 is 22.6 Å². The van der Waals surface area contributed by atoms with Crippen LogP contribution >= 0.6 is 0 Å². The molecule has 1 amide bonds. The Hall–Kier alpha value is -2.93. The van der Waals surface area contributed by atoms with Crippen molar-refractivity contribution in [1.82, 2.24) is 15.6 Å². The zero-order chi connectivity index (χ0) is 20.4. The molecule has 0 unspecified atom stereocenters. The largest absolute Gasteiger partial charge is 0.472 e. The van der Waals surface area contributed by atoms with E-state index >= 15 is 0 Å². The molecule has 2 aromatic rings. The maximum absolute atomic E-state index is 12.8. The molecule has 1 aliphatic heterocycles. The van der Waals surface area contributed by atoms with E-state index in [1.165, 1.54) is 0 Å². The molecular weight excluding hydrogens is 370 g/mol. The number of benzene rings is 1. The number of esters is 1. The van der Waals surface area contributed by atoms with Crippen LogP contribution in [0.25, 0.3) is 10.8 Å². The summed E-state index contributed by atoms with van der Waals surface area (Å²) in [5.41, 5.74) is -0.980. The highest BCUT2D eigenvalue weighted by atomic mass is 16.5. The summed E-state index contributed by atoms with van der Waals surface area (Å²) in [6, 6.07) is 9.39. The van der Waals surface area contributed by atoms with Gasteiger partial charge >= 0.3 is 5.97 Å². The standard InChI is InChI=1S/C22H25N3O4/c1-3-15-12-22(15,21(27)28-4-2)25-19(26)18-11-16(13-24-18)29-20-17-8-6-5-7-14(17)9-10-23-20/h3,5-10,15-16,18,24H,1,4,11-13H2,2H3,(H,25,26)/t15-,16-,18+,22-/m1/s1. The van der Waals surface area contributed by atoms with Crippen LogP contribution in [0.2, 0.25) is 0 Å². The van der Waals surface area contributed by atoms with Crippen LogP contribution in [-0.2, 0) is 14.3 Å². The minimum Gasteiger partial charge on any atom is -0.472 e. The Bertz CT molecular complexity index is 941. The first kappa shape index (κ1) is 19.4. The van der Waals surface area contributed by atoms with E-state index in [0.717, 1.165) is 10.8 Å². The highest BCUT2D eigenvalue weighted by Crippen LogP contribution is 2.45. The van der Waals surface area contributed by atoms with Crippen molar-refractivity contribution in [3.8, 4) is 5.88 Å². The number of ether oxygens (including phenoxy) is 2. The second kappa shape index (κ2) is 7.83. The molecule has 2 fully saturated rings. The molecule has 1 saturated heterocycles. The van der Waals surface area contributed by atoms with Gasteiger partial charge in [0, 0.05) is 30.5 Å². The van der Waals surface area contributed by atoms with E-state index in [1.54, 1.807) is 19.2 Å². The third kappa shape index (κ3) is 3.70. The molecule has 7 nitrogen and oxygen atoms in total. The quantitative estimate of drug-likeness (QED) is 0.550. The molecule has 4 atom stereocenters. The molecule has 0 spiro atoms. The summed E-state index contributed by atoms with van der Waals surface area (Å²) in [6.07, 6.45) is 4.24. The number of rotatable bonds is 7.